The first-order valence-corrected chi connectivity index (χ1v) is 6.90. The molecule has 0 aromatic heterocycles. The largest absolute Gasteiger partial charge is 0.490 e. The maximum atomic E-state index is 12.7. The van der Waals surface area contributed by atoms with E-state index in [2.05, 4.69) is 13.8 Å². The first kappa shape index (κ1) is 15.0. The van der Waals surface area contributed by atoms with Crippen LogP contribution < -0.4 is 10.5 Å². The summed E-state index contributed by atoms with van der Waals surface area (Å²) in [6.07, 6.45) is -1.63. The molecule has 2 rings (SSSR count). The molecule has 1 aliphatic rings. The Morgan fingerprint density at radius 1 is 1.10 bits per heavy atom. The molecule has 0 aliphatic heterocycles. The van der Waals surface area contributed by atoms with Crippen LogP contribution in [0, 0.1) is 11.8 Å². The van der Waals surface area contributed by atoms with Crippen molar-refractivity contribution in [3.63, 3.8) is 0 Å². The summed E-state index contributed by atoms with van der Waals surface area (Å²) in [5.41, 5.74) is 4.85. The molecule has 0 saturated heterocycles. The minimum Gasteiger partial charge on any atom is -0.490 e. The number of alkyl halides is 3. The summed E-state index contributed by atoms with van der Waals surface area (Å²) < 4.78 is 43.9. The van der Waals surface area contributed by atoms with Gasteiger partial charge in [0.15, 0.2) is 0 Å². The van der Waals surface area contributed by atoms with Crippen molar-refractivity contribution in [2.24, 2.45) is 11.8 Å². The average molecular weight is 287 g/mol. The van der Waals surface area contributed by atoms with Crippen molar-refractivity contribution in [2.75, 3.05) is 5.73 Å². The number of benzene rings is 1. The van der Waals surface area contributed by atoms with Gasteiger partial charge in [-0.05, 0) is 43.2 Å². The van der Waals surface area contributed by atoms with Crippen LogP contribution in [0.2, 0.25) is 0 Å². The molecule has 0 bridgehead atoms. The fraction of sp³-hybridized carbons (Fsp3) is 0.600. The Kier molecular flexibility index (Phi) is 4.16. The standard InChI is InChI=1S/C15H20F3NO/c1-9-3-4-13(5-10(9)2)20-14-7-11(15(16,17)18)6-12(19)8-14/h6-10,13H,3-5,19H2,1-2H3. The Balaban J connectivity index is 2.12. The van der Waals surface area contributed by atoms with Gasteiger partial charge >= 0.3 is 6.18 Å². The highest BCUT2D eigenvalue weighted by atomic mass is 19.4. The van der Waals surface area contributed by atoms with E-state index in [1.165, 1.54) is 6.07 Å². The minimum absolute atomic E-state index is 0.0240. The number of hydrogen-bond donors (Lipinski definition) is 1. The van der Waals surface area contributed by atoms with Gasteiger partial charge in [0.05, 0.1) is 11.7 Å². The fourth-order valence-corrected chi connectivity index (χ4v) is 2.65. The zero-order valence-electron chi connectivity index (χ0n) is 11.7. The molecular weight excluding hydrogens is 267 g/mol. The molecule has 20 heavy (non-hydrogen) atoms. The maximum Gasteiger partial charge on any atom is 0.416 e. The van der Waals surface area contributed by atoms with Crippen LogP contribution in [-0.4, -0.2) is 6.10 Å². The van der Waals surface area contributed by atoms with E-state index < -0.39 is 11.7 Å². The van der Waals surface area contributed by atoms with Gasteiger partial charge in [-0.15, -0.1) is 0 Å². The van der Waals surface area contributed by atoms with Crippen molar-refractivity contribution >= 4 is 5.69 Å². The third-order valence-corrected chi connectivity index (χ3v) is 4.11. The molecule has 0 radical (unpaired) electrons. The van der Waals surface area contributed by atoms with Crippen molar-refractivity contribution in [3.8, 4) is 5.75 Å². The molecule has 5 heteroatoms. The second kappa shape index (κ2) is 5.54. The number of nitrogen functional groups attached to an aromatic ring is 1. The molecule has 1 aromatic rings. The number of rotatable bonds is 2. The molecule has 1 aliphatic carbocycles. The van der Waals surface area contributed by atoms with E-state index in [9.17, 15) is 13.2 Å². The topological polar surface area (TPSA) is 35.2 Å². The van der Waals surface area contributed by atoms with Crippen LogP contribution in [0.25, 0.3) is 0 Å². The first-order chi connectivity index (χ1) is 9.25. The van der Waals surface area contributed by atoms with Crippen LogP contribution in [0.4, 0.5) is 18.9 Å². The predicted octanol–water partition coefficient (Wildman–Crippen LogP) is 4.49. The van der Waals surface area contributed by atoms with Gasteiger partial charge in [-0.25, -0.2) is 0 Å². The third-order valence-electron chi connectivity index (χ3n) is 4.11. The number of anilines is 1. The van der Waals surface area contributed by atoms with Gasteiger partial charge in [-0.2, -0.15) is 13.2 Å². The number of halogens is 3. The van der Waals surface area contributed by atoms with Gasteiger partial charge < -0.3 is 10.5 Å². The van der Waals surface area contributed by atoms with E-state index in [1.54, 1.807) is 0 Å². The van der Waals surface area contributed by atoms with Gasteiger partial charge in [-0.1, -0.05) is 13.8 Å². The van der Waals surface area contributed by atoms with Gasteiger partial charge in [-0.3, -0.25) is 0 Å². The summed E-state index contributed by atoms with van der Waals surface area (Å²) >= 11 is 0. The van der Waals surface area contributed by atoms with Crippen LogP contribution in [0.1, 0.15) is 38.7 Å². The van der Waals surface area contributed by atoms with Gasteiger partial charge in [0.2, 0.25) is 0 Å². The number of nitrogens with two attached hydrogens (primary N) is 1. The molecule has 2 nitrogen and oxygen atoms in total. The Hall–Kier alpha value is -1.39. The van der Waals surface area contributed by atoms with Gasteiger partial charge in [0.1, 0.15) is 5.75 Å². The van der Waals surface area contributed by atoms with Crippen molar-refractivity contribution in [2.45, 2.75) is 45.4 Å². The summed E-state index contributed by atoms with van der Waals surface area (Å²) in [4.78, 5) is 0. The van der Waals surface area contributed by atoms with E-state index >= 15 is 0 Å². The Labute approximate surface area is 117 Å². The van der Waals surface area contributed by atoms with Crippen LogP contribution in [0.5, 0.6) is 5.75 Å². The van der Waals surface area contributed by atoms with Gasteiger partial charge in [0.25, 0.3) is 0 Å². The molecule has 0 spiro atoms. The molecular formula is C15H20F3NO. The Morgan fingerprint density at radius 2 is 1.80 bits per heavy atom. The summed E-state index contributed by atoms with van der Waals surface area (Å²) in [7, 11) is 0. The van der Waals surface area contributed by atoms with Crippen LogP contribution in [0.3, 0.4) is 0 Å². The predicted molar refractivity (Wildman–Crippen MR) is 72.5 cm³/mol. The lowest BCUT2D eigenvalue weighted by Gasteiger charge is -2.32. The van der Waals surface area contributed by atoms with Crippen molar-refractivity contribution in [1.29, 1.82) is 0 Å². The van der Waals surface area contributed by atoms with Crippen molar-refractivity contribution in [1.82, 2.24) is 0 Å². The van der Waals surface area contributed by atoms with E-state index in [1.807, 2.05) is 0 Å². The van der Waals surface area contributed by atoms with Crippen molar-refractivity contribution < 1.29 is 17.9 Å². The first-order valence-electron chi connectivity index (χ1n) is 6.90. The highest BCUT2D eigenvalue weighted by molar-refractivity contribution is 5.48. The molecule has 112 valence electrons. The highest BCUT2D eigenvalue weighted by Gasteiger charge is 2.32. The minimum atomic E-state index is -4.40. The molecule has 0 amide bonds. The molecule has 1 fully saturated rings. The Morgan fingerprint density at radius 3 is 2.40 bits per heavy atom. The lowest BCUT2D eigenvalue weighted by molar-refractivity contribution is -0.137. The van der Waals surface area contributed by atoms with Gasteiger partial charge in [0, 0.05) is 11.8 Å². The van der Waals surface area contributed by atoms with E-state index in [0.29, 0.717) is 11.8 Å². The molecule has 2 N–H and O–H groups in total. The van der Waals surface area contributed by atoms with Crippen LogP contribution in [0.15, 0.2) is 18.2 Å². The monoisotopic (exact) mass is 287 g/mol. The SMILES string of the molecule is CC1CCC(Oc2cc(N)cc(C(F)(F)F)c2)CC1C. The van der Waals surface area contributed by atoms with Crippen LogP contribution >= 0.6 is 0 Å². The normalized spacial score (nSPS) is 27.4. The zero-order chi connectivity index (χ0) is 14.9. The molecule has 3 unspecified atom stereocenters. The lowest BCUT2D eigenvalue weighted by Crippen LogP contribution is -2.28. The lowest BCUT2D eigenvalue weighted by atomic mass is 9.80. The zero-order valence-corrected chi connectivity index (χ0v) is 11.7. The molecule has 3 atom stereocenters. The molecule has 1 aromatic carbocycles. The quantitative estimate of drug-likeness (QED) is 0.813. The smallest absolute Gasteiger partial charge is 0.416 e. The van der Waals surface area contributed by atoms with E-state index in [-0.39, 0.29) is 17.5 Å². The number of ether oxygens (including phenoxy) is 1. The summed E-state index contributed by atoms with van der Waals surface area (Å²) in [6.45, 7) is 4.35. The van der Waals surface area contributed by atoms with E-state index in [0.717, 1.165) is 31.4 Å². The fourth-order valence-electron chi connectivity index (χ4n) is 2.65. The summed E-state index contributed by atoms with van der Waals surface area (Å²) in [5, 5.41) is 0. The second-order valence-corrected chi connectivity index (χ2v) is 5.80. The average Bonchev–Trinajstić information content (AvgIpc) is 2.32. The second-order valence-electron chi connectivity index (χ2n) is 5.80. The van der Waals surface area contributed by atoms with Crippen LogP contribution in [-0.2, 0) is 6.18 Å². The molecule has 1 saturated carbocycles. The Bertz CT molecular complexity index is 473. The highest BCUT2D eigenvalue weighted by Crippen LogP contribution is 2.36. The van der Waals surface area contributed by atoms with Crippen molar-refractivity contribution in [3.05, 3.63) is 23.8 Å². The third kappa shape index (κ3) is 3.58. The maximum absolute atomic E-state index is 12.7. The molecule has 0 heterocycles. The van der Waals surface area contributed by atoms with E-state index in [4.69, 9.17) is 10.5 Å². The number of hydrogen-bond acceptors (Lipinski definition) is 2. The summed E-state index contributed by atoms with van der Waals surface area (Å²) in [5.74, 6) is 1.38. The summed E-state index contributed by atoms with van der Waals surface area (Å²) in [6, 6.07) is 3.41.